The third-order valence-electron chi connectivity index (χ3n) is 4.05. The van der Waals surface area contributed by atoms with E-state index in [4.69, 9.17) is 4.74 Å². The fourth-order valence-corrected chi connectivity index (χ4v) is 2.55. The van der Waals surface area contributed by atoms with Crippen molar-refractivity contribution in [3.8, 4) is 17.1 Å². The Bertz CT molecular complexity index is 854. The van der Waals surface area contributed by atoms with Crippen molar-refractivity contribution >= 4 is 5.91 Å². The molecule has 3 rings (SSSR count). The zero-order chi connectivity index (χ0) is 18.4. The fourth-order valence-electron chi connectivity index (χ4n) is 2.55. The number of amides is 1. The molecule has 1 aromatic heterocycles. The molecular formula is C20H22N4O2. The van der Waals surface area contributed by atoms with E-state index in [-0.39, 0.29) is 5.91 Å². The Labute approximate surface area is 152 Å². The third kappa shape index (κ3) is 4.69. The van der Waals surface area contributed by atoms with Gasteiger partial charge in [0.1, 0.15) is 11.6 Å². The number of ether oxygens (including phenoxy) is 1. The maximum Gasteiger partial charge on any atom is 0.224 e. The first-order chi connectivity index (χ1) is 12.6. The number of H-pyrrole nitrogens is 1. The quantitative estimate of drug-likeness (QED) is 0.687. The molecule has 3 aromatic rings. The lowest BCUT2D eigenvalue weighted by Gasteiger charge is -2.04. The molecule has 6 nitrogen and oxygen atoms in total. The standard InChI is InChI=1S/C20H22N4O2/c1-14-3-5-15(6-4-14)13-19(25)21-12-11-18-22-20(24-23-18)16-7-9-17(26-2)10-8-16/h3-10H,11-13H2,1-2H3,(H,21,25)(H,22,23,24). The predicted molar refractivity (Wildman–Crippen MR) is 100.0 cm³/mol. The van der Waals surface area contributed by atoms with Crippen molar-refractivity contribution in [3.63, 3.8) is 0 Å². The van der Waals surface area contributed by atoms with Gasteiger partial charge in [0.2, 0.25) is 5.91 Å². The van der Waals surface area contributed by atoms with Gasteiger partial charge in [-0.15, -0.1) is 0 Å². The van der Waals surface area contributed by atoms with Gasteiger partial charge in [0, 0.05) is 18.5 Å². The van der Waals surface area contributed by atoms with Crippen LogP contribution in [0.4, 0.5) is 0 Å². The van der Waals surface area contributed by atoms with Crippen LogP contribution in [-0.2, 0) is 17.6 Å². The predicted octanol–water partition coefficient (Wildman–Crippen LogP) is 2.69. The van der Waals surface area contributed by atoms with E-state index in [0.29, 0.717) is 25.2 Å². The molecule has 0 aliphatic carbocycles. The largest absolute Gasteiger partial charge is 0.497 e. The van der Waals surface area contributed by atoms with Gasteiger partial charge in [0.05, 0.1) is 13.5 Å². The molecule has 6 heteroatoms. The summed E-state index contributed by atoms with van der Waals surface area (Å²) < 4.78 is 5.15. The SMILES string of the molecule is COc1ccc(-c2n[nH]c(CCNC(=O)Cc3ccc(C)cc3)n2)cc1. The highest BCUT2D eigenvalue weighted by atomic mass is 16.5. The monoisotopic (exact) mass is 350 g/mol. The van der Waals surface area contributed by atoms with E-state index < -0.39 is 0 Å². The Kier molecular flexibility index (Phi) is 5.63. The molecule has 2 N–H and O–H groups in total. The average Bonchev–Trinajstić information content (AvgIpc) is 3.12. The molecular weight excluding hydrogens is 328 g/mol. The molecule has 0 bridgehead atoms. The molecule has 134 valence electrons. The minimum Gasteiger partial charge on any atom is -0.497 e. The molecule has 1 amide bonds. The number of hydrogen-bond acceptors (Lipinski definition) is 4. The van der Waals surface area contributed by atoms with E-state index in [1.165, 1.54) is 5.56 Å². The summed E-state index contributed by atoms with van der Waals surface area (Å²) in [7, 11) is 1.63. The zero-order valence-corrected chi connectivity index (χ0v) is 15.0. The molecule has 0 saturated heterocycles. The normalized spacial score (nSPS) is 10.5. The molecule has 0 radical (unpaired) electrons. The number of rotatable bonds is 7. The van der Waals surface area contributed by atoms with Crippen LogP contribution in [0.3, 0.4) is 0 Å². The fraction of sp³-hybridized carbons (Fsp3) is 0.250. The van der Waals surface area contributed by atoms with Crippen LogP contribution in [0.25, 0.3) is 11.4 Å². The van der Waals surface area contributed by atoms with Crippen LogP contribution in [0.2, 0.25) is 0 Å². The van der Waals surface area contributed by atoms with Crippen LogP contribution in [0.5, 0.6) is 5.75 Å². The van der Waals surface area contributed by atoms with Crippen LogP contribution in [0, 0.1) is 6.92 Å². The lowest BCUT2D eigenvalue weighted by Crippen LogP contribution is -2.27. The second-order valence-electron chi connectivity index (χ2n) is 6.10. The molecule has 2 aromatic carbocycles. The third-order valence-corrected chi connectivity index (χ3v) is 4.05. The highest BCUT2D eigenvalue weighted by Crippen LogP contribution is 2.18. The molecule has 0 unspecified atom stereocenters. The number of aromatic amines is 1. The maximum atomic E-state index is 12.0. The summed E-state index contributed by atoms with van der Waals surface area (Å²) in [4.78, 5) is 16.5. The number of methoxy groups -OCH3 is 1. The smallest absolute Gasteiger partial charge is 0.224 e. The first-order valence-corrected chi connectivity index (χ1v) is 8.52. The Morgan fingerprint density at radius 2 is 1.85 bits per heavy atom. The van der Waals surface area contributed by atoms with Crippen molar-refractivity contribution in [3.05, 3.63) is 65.5 Å². The van der Waals surface area contributed by atoms with Crippen molar-refractivity contribution in [2.75, 3.05) is 13.7 Å². The Morgan fingerprint density at radius 1 is 1.12 bits per heavy atom. The minimum absolute atomic E-state index is 0.00347. The van der Waals surface area contributed by atoms with Gasteiger partial charge in [-0.3, -0.25) is 9.89 Å². The number of carbonyl (C=O) groups excluding carboxylic acids is 1. The first kappa shape index (κ1) is 17.7. The topological polar surface area (TPSA) is 79.9 Å². The van der Waals surface area contributed by atoms with E-state index in [2.05, 4.69) is 20.5 Å². The van der Waals surface area contributed by atoms with Crippen molar-refractivity contribution < 1.29 is 9.53 Å². The van der Waals surface area contributed by atoms with Gasteiger partial charge in [-0.05, 0) is 36.8 Å². The lowest BCUT2D eigenvalue weighted by molar-refractivity contribution is -0.120. The highest BCUT2D eigenvalue weighted by molar-refractivity contribution is 5.78. The summed E-state index contributed by atoms with van der Waals surface area (Å²) in [6.45, 7) is 2.55. The second-order valence-corrected chi connectivity index (χ2v) is 6.10. The Balaban J connectivity index is 1.48. The second kappa shape index (κ2) is 8.29. The van der Waals surface area contributed by atoms with Crippen LogP contribution in [-0.4, -0.2) is 34.7 Å². The highest BCUT2D eigenvalue weighted by Gasteiger charge is 2.07. The van der Waals surface area contributed by atoms with Gasteiger partial charge >= 0.3 is 0 Å². The van der Waals surface area contributed by atoms with E-state index in [1.54, 1.807) is 7.11 Å². The van der Waals surface area contributed by atoms with Crippen LogP contribution in [0.15, 0.2) is 48.5 Å². The van der Waals surface area contributed by atoms with Crippen LogP contribution < -0.4 is 10.1 Å². The summed E-state index contributed by atoms with van der Waals surface area (Å²) in [5, 5.41) is 10.1. The molecule has 0 saturated carbocycles. The molecule has 26 heavy (non-hydrogen) atoms. The molecule has 0 aliphatic rings. The van der Waals surface area contributed by atoms with Crippen molar-refractivity contribution in [2.24, 2.45) is 0 Å². The van der Waals surface area contributed by atoms with Gasteiger partial charge in [-0.25, -0.2) is 4.98 Å². The van der Waals surface area contributed by atoms with Gasteiger partial charge in [-0.1, -0.05) is 29.8 Å². The summed E-state index contributed by atoms with van der Waals surface area (Å²) in [6.07, 6.45) is 0.983. The number of hydrogen-bond donors (Lipinski definition) is 2. The van der Waals surface area contributed by atoms with Crippen molar-refractivity contribution in [2.45, 2.75) is 19.8 Å². The maximum absolute atomic E-state index is 12.0. The van der Waals surface area contributed by atoms with Crippen LogP contribution >= 0.6 is 0 Å². The number of nitrogens with one attached hydrogen (secondary N) is 2. The summed E-state index contributed by atoms with van der Waals surface area (Å²) in [5.74, 6) is 2.17. The van der Waals surface area contributed by atoms with Crippen LogP contribution in [0.1, 0.15) is 17.0 Å². The number of aromatic nitrogens is 3. The summed E-state index contributed by atoms with van der Waals surface area (Å²) in [5.41, 5.74) is 3.11. The minimum atomic E-state index is 0.00347. The zero-order valence-electron chi connectivity index (χ0n) is 15.0. The van der Waals surface area contributed by atoms with E-state index in [1.807, 2.05) is 55.5 Å². The average molecular weight is 350 g/mol. The number of aryl methyl sites for hydroxylation is 1. The molecule has 1 heterocycles. The summed E-state index contributed by atoms with van der Waals surface area (Å²) in [6, 6.07) is 15.5. The van der Waals surface area contributed by atoms with Gasteiger partial charge in [-0.2, -0.15) is 5.10 Å². The van der Waals surface area contributed by atoms with E-state index in [0.717, 1.165) is 22.7 Å². The van der Waals surface area contributed by atoms with Crippen molar-refractivity contribution in [1.29, 1.82) is 0 Å². The molecule has 0 fully saturated rings. The summed E-state index contributed by atoms with van der Waals surface area (Å²) >= 11 is 0. The number of carbonyl (C=O) groups is 1. The van der Waals surface area contributed by atoms with Gasteiger partial charge in [0.15, 0.2) is 5.82 Å². The van der Waals surface area contributed by atoms with E-state index >= 15 is 0 Å². The Morgan fingerprint density at radius 3 is 2.54 bits per heavy atom. The van der Waals surface area contributed by atoms with Crippen molar-refractivity contribution in [1.82, 2.24) is 20.5 Å². The van der Waals surface area contributed by atoms with Gasteiger partial charge < -0.3 is 10.1 Å². The van der Waals surface area contributed by atoms with E-state index in [9.17, 15) is 4.79 Å². The molecule has 0 aliphatic heterocycles. The lowest BCUT2D eigenvalue weighted by atomic mass is 10.1. The van der Waals surface area contributed by atoms with Gasteiger partial charge in [0.25, 0.3) is 0 Å². The first-order valence-electron chi connectivity index (χ1n) is 8.52. The number of nitrogens with zero attached hydrogens (tertiary/aromatic N) is 2. The Hall–Kier alpha value is -3.15. The molecule has 0 spiro atoms. The number of benzene rings is 2. The molecule has 0 atom stereocenters.